The lowest BCUT2D eigenvalue weighted by atomic mass is 9.85. The minimum absolute atomic E-state index is 0.00245. The van der Waals surface area contributed by atoms with Gasteiger partial charge in [0.05, 0.1) is 18.3 Å². The Morgan fingerprint density at radius 2 is 1.88 bits per heavy atom. The Kier molecular flexibility index (Phi) is 4.98. The van der Waals surface area contributed by atoms with E-state index in [9.17, 15) is 18.3 Å². The van der Waals surface area contributed by atoms with Crippen LogP contribution in [-0.2, 0) is 0 Å². The number of aromatic nitrogens is 5. The molecular weight excluding hydrogens is 447 g/mol. The van der Waals surface area contributed by atoms with E-state index in [4.69, 9.17) is 0 Å². The molecule has 178 valence electrons. The van der Waals surface area contributed by atoms with Crippen molar-refractivity contribution in [2.24, 2.45) is 5.92 Å². The predicted molar refractivity (Wildman–Crippen MR) is 118 cm³/mol. The Morgan fingerprint density at radius 1 is 1.03 bits per heavy atom. The lowest BCUT2D eigenvalue weighted by Crippen LogP contribution is -2.60. The Balaban J connectivity index is 1.30. The number of nitrogens with zero attached hydrogens (tertiary/aromatic N) is 5. The topological polar surface area (TPSA) is 103 Å². The SMILES string of the molecule is Oc1cc(-c2cn[nH]c2)ccc1-c1cnc(N(C2CC2)[C@H]2C[C@@H]3CC[C@H](N3)[C@H]2C(F)(F)F)nn1. The number of hydrogen-bond donors (Lipinski definition) is 3. The Labute approximate surface area is 193 Å². The van der Waals surface area contributed by atoms with Gasteiger partial charge in [-0.3, -0.25) is 5.10 Å². The van der Waals surface area contributed by atoms with Gasteiger partial charge in [0.1, 0.15) is 11.4 Å². The van der Waals surface area contributed by atoms with Gasteiger partial charge in [0, 0.05) is 41.5 Å². The van der Waals surface area contributed by atoms with Crippen LogP contribution in [0.1, 0.15) is 32.1 Å². The summed E-state index contributed by atoms with van der Waals surface area (Å²) in [4.78, 5) is 6.20. The molecule has 11 heteroatoms. The van der Waals surface area contributed by atoms with Crippen LogP contribution < -0.4 is 10.2 Å². The van der Waals surface area contributed by atoms with E-state index in [0.717, 1.165) is 30.4 Å². The number of rotatable bonds is 5. The van der Waals surface area contributed by atoms with E-state index in [1.54, 1.807) is 29.4 Å². The molecule has 0 spiro atoms. The molecular formula is C23H24F3N7O. The number of aromatic amines is 1. The molecule has 2 aromatic heterocycles. The van der Waals surface area contributed by atoms with Crippen molar-refractivity contribution in [1.29, 1.82) is 0 Å². The summed E-state index contributed by atoms with van der Waals surface area (Å²) in [7, 11) is 0. The normalized spacial score (nSPS) is 26.6. The predicted octanol–water partition coefficient (Wildman–Crippen LogP) is 3.67. The highest BCUT2D eigenvalue weighted by atomic mass is 19.4. The first-order chi connectivity index (χ1) is 16.4. The lowest BCUT2D eigenvalue weighted by molar-refractivity contribution is -0.191. The molecule has 2 saturated heterocycles. The molecule has 3 fully saturated rings. The van der Waals surface area contributed by atoms with Crippen LogP contribution in [-0.4, -0.2) is 60.8 Å². The summed E-state index contributed by atoms with van der Waals surface area (Å²) in [5.41, 5.74) is 2.42. The fourth-order valence-electron chi connectivity index (χ4n) is 5.54. The molecule has 8 nitrogen and oxygen atoms in total. The van der Waals surface area contributed by atoms with Crippen molar-refractivity contribution in [1.82, 2.24) is 30.7 Å². The molecule has 4 heterocycles. The summed E-state index contributed by atoms with van der Waals surface area (Å²) in [6.45, 7) is 0. The number of H-pyrrole nitrogens is 1. The summed E-state index contributed by atoms with van der Waals surface area (Å²) < 4.78 is 42.3. The number of halogens is 3. The van der Waals surface area contributed by atoms with Crippen LogP contribution in [0.5, 0.6) is 5.75 Å². The van der Waals surface area contributed by atoms with Gasteiger partial charge >= 0.3 is 6.18 Å². The van der Waals surface area contributed by atoms with E-state index in [1.807, 2.05) is 6.07 Å². The molecule has 4 atom stereocenters. The molecule has 3 N–H and O–H groups in total. The molecule has 1 aliphatic carbocycles. The fourth-order valence-corrected chi connectivity index (χ4v) is 5.54. The Hall–Kier alpha value is -3.21. The van der Waals surface area contributed by atoms with Gasteiger partial charge in [0.15, 0.2) is 0 Å². The van der Waals surface area contributed by atoms with Gasteiger partial charge in [-0.1, -0.05) is 6.07 Å². The van der Waals surface area contributed by atoms with Crippen molar-refractivity contribution in [3.63, 3.8) is 0 Å². The minimum Gasteiger partial charge on any atom is -0.507 e. The second-order valence-corrected chi connectivity index (χ2v) is 9.42. The molecule has 1 saturated carbocycles. The average molecular weight is 471 g/mol. The quantitative estimate of drug-likeness (QED) is 0.522. The number of nitrogens with one attached hydrogen (secondary N) is 2. The zero-order chi connectivity index (χ0) is 23.4. The summed E-state index contributed by atoms with van der Waals surface area (Å²) in [5.74, 6) is -1.23. The van der Waals surface area contributed by atoms with Gasteiger partial charge in [-0.15, -0.1) is 10.2 Å². The monoisotopic (exact) mass is 471 g/mol. The highest BCUT2D eigenvalue weighted by Crippen LogP contribution is 2.46. The maximum atomic E-state index is 14.1. The van der Waals surface area contributed by atoms with Crippen molar-refractivity contribution >= 4 is 5.95 Å². The van der Waals surface area contributed by atoms with E-state index >= 15 is 0 Å². The molecule has 0 radical (unpaired) electrons. The number of fused-ring (bicyclic) bond motifs is 2. The van der Waals surface area contributed by atoms with Gasteiger partial charge in [-0.2, -0.15) is 18.3 Å². The van der Waals surface area contributed by atoms with E-state index < -0.39 is 24.2 Å². The standard InChI is InChI=1S/C23H24F3N7O/c24-23(25,26)21-17-6-2-14(30-17)8-19(21)33(15-3-4-15)22-27-11-18(31-32-22)16-5-1-12(7-20(16)34)13-9-28-29-10-13/h1,5,7,9-11,14-15,17,19,21,30,34H,2-4,6,8H2,(H,28,29)/t14-,17-,19-,21+/m0/s1. The number of phenolic OH excluding ortho intramolecular Hbond substituents is 1. The third-order valence-electron chi connectivity index (χ3n) is 7.21. The number of alkyl halides is 3. The minimum atomic E-state index is -4.30. The molecule has 1 aromatic carbocycles. The van der Waals surface area contributed by atoms with Crippen molar-refractivity contribution in [2.45, 2.75) is 62.4 Å². The number of anilines is 1. The first kappa shape index (κ1) is 21.3. The van der Waals surface area contributed by atoms with Crippen LogP contribution in [0.15, 0.2) is 36.8 Å². The van der Waals surface area contributed by atoms with Gasteiger partial charge < -0.3 is 15.3 Å². The second-order valence-electron chi connectivity index (χ2n) is 9.42. The third-order valence-corrected chi connectivity index (χ3v) is 7.21. The van der Waals surface area contributed by atoms with Gasteiger partial charge in [-0.05, 0) is 49.8 Å². The van der Waals surface area contributed by atoms with E-state index in [0.29, 0.717) is 24.1 Å². The van der Waals surface area contributed by atoms with Crippen molar-refractivity contribution < 1.29 is 18.3 Å². The maximum absolute atomic E-state index is 14.1. The Morgan fingerprint density at radius 3 is 2.53 bits per heavy atom. The van der Waals surface area contributed by atoms with Gasteiger partial charge in [0.25, 0.3) is 0 Å². The van der Waals surface area contributed by atoms with E-state index in [-0.39, 0.29) is 23.8 Å². The Bertz CT molecular complexity index is 1160. The van der Waals surface area contributed by atoms with Crippen molar-refractivity contribution in [3.8, 4) is 28.1 Å². The molecule has 2 aliphatic heterocycles. The number of aromatic hydroxyl groups is 1. The zero-order valence-electron chi connectivity index (χ0n) is 18.2. The molecule has 34 heavy (non-hydrogen) atoms. The van der Waals surface area contributed by atoms with Crippen molar-refractivity contribution in [3.05, 3.63) is 36.8 Å². The number of hydrogen-bond acceptors (Lipinski definition) is 7. The first-order valence-electron chi connectivity index (χ1n) is 11.5. The summed E-state index contributed by atoms with van der Waals surface area (Å²) in [6, 6.07) is 3.96. The van der Waals surface area contributed by atoms with Crippen LogP contribution in [0.3, 0.4) is 0 Å². The molecule has 2 bridgehead atoms. The molecule has 3 aromatic rings. The zero-order valence-corrected chi connectivity index (χ0v) is 18.2. The largest absolute Gasteiger partial charge is 0.507 e. The van der Waals surface area contributed by atoms with Gasteiger partial charge in [0.2, 0.25) is 5.95 Å². The third kappa shape index (κ3) is 3.77. The van der Waals surface area contributed by atoms with Crippen LogP contribution in [0.25, 0.3) is 22.4 Å². The van der Waals surface area contributed by atoms with E-state index in [2.05, 4.69) is 30.7 Å². The smallest absolute Gasteiger partial charge is 0.395 e. The van der Waals surface area contributed by atoms with Crippen LogP contribution in [0, 0.1) is 5.92 Å². The second kappa shape index (κ2) is 7.93. The van der Waals surface area contributed by atoms with Crippen LogP contribution in [0.4, 0.5) is 19.1 Å². The first-order valence-corrected chi connectivity index (χ1v) is 11.5. The molecule has 6 rings (SSSR count). The lowest BCUT2D eigenvalue weighted by Gasteiger charge is -2.44. The maximum Gasteiger partial charge on any atom is 0.395 e. The molecule has 3 aliphatic rings. The summed E-state index contributed by atoms with van der Waals surface area (Å²) in [5, 5.41) is 28.8. The van der Waals surface area contributed by atoms with Crippen LogP contribution >= 0.6 is 0 Å². The summed E-state index contributed by atoms with van der Waals surface area (Å²) in [6.07, 6.45) is 3.91. The van der Waals surface area contributed by atoms with Gasteiger partial charge in [-0.25, -0.2) is 4.98 Å². The fraction of sp³-hybridized carbons (Fsp3) is 0.478. The average Bonchev–Trinajstić information content (AvgIpc) is 3.34. The highest BCUT2D eigenvalue weighted by molar-refractivity contribution is 5.73. The number of benzene rings is 1. The number of phenols is 1. The highest BCUT2D eigenvalue weighted by Gasteiger charge is 2.57. The van der Waals surface area contributed by atoms with Crippen LogP contribution in [0.2, 0.25) is 0 Å². The summed E-state index contributed by atoms with van der Waals surface area (Å²) >= 11 is 0. The van der Waals surface area contributed by atoms with E-state index in [1.165, 1.54) is 6.20 Å². The van der Waals surface area contributed by atoms with Crippen molar-refractivity contribution in [2.75, 3.05) is 4.90 Å². The molecule has 0 unspecified atom stereocenters. The molecule has 0 amide bonds. The number of piperidine rings is 1.